The molecule has 168 valence electrons. The van der Waals surface area contributed by atoms with Gasteiger partial charge in [0.2, 0.25) is 0 Å². The molecular weight excluding hydrogens is 506 g/mol. The fraction of sp³-hybridized carbons (Fsp3) is 0.0833. The molecule has 3 aromatic carbocycles. The maximum absolute atomic E-state index is 13.6. The van der Waals surface area contributed by atoms with Crippen LogP contribution in [0, 0.1) is 5.82 Å². The summed E-state index contributed by atoms with van der Waals surface area (Å²) in [6, 6.07) is 13.8. The van der Waals surface area contributed by atoms with Gasteiger partial charge in [0.15, 0.2) is 0 Å². The molecule has 1 saturated heterocycles. The number of hydrogen-bond donors (Lipinski definition) is 1. The van der Waals surface area contributed by atoms with E-state index < -0.39 is 41.0 Å². The minimum Gasteiger partial charge on any atom is -0.507 e. The third-order valence-corrected chi connectivity index (χ3v) is 5.73. The van der Waals surface area contributed by atoms with E-state index in [1.165, 1.54) is 30.3 Å². The van der Waals surface area contributed by atoms with Crippen LogP contribution in [0.2, 0.25) is 0 Å². The van der Waals surface area contributed by atoms with E-state index in [1.807, 2.05) is 0 Å². The molecule has 0 spiro atoms. The van der Waals surface area contributed by atoms with Crippen molar-refractivity contribution in [1.29, 1.82) is 0 Å². The van der Waals surface area contributed by atoms with Crippen LogP contribution in [0.5, 0.6) is 0 Å². The Morgan fingerprint density at radius 1 is 0.939 bits per heavy atom. The van der Waals surface area contributed by atoms with Gasteiger partial charge in [-0.1, -0.05) is 46.3 Å². The number of alkyl halides is 3. The first-order valence-corrected chi connectivity index (χ1v) is 10.4. The highest BCUT2D eigenvalue weighted by atomic mass is 79.9. The minimum atomic E-state index is -4.67. The summed E-state index contributed by atoms with van der Waals surface area (Å²) in [6.45, 7) is 0. The molecule has 0 radical (unpaired) electrons. The van der Waals surface area contributed by atoms with Gasteiger partial charge >= 0.3 is 6.18 Å². The molecule has 1 aliphatic rings. The third kappa shape index (κ3) is 4.28. The van der Waals surface area contributed by atoms with Gasteiger partial charge in [-0.25, -0.2) is 4.39 Å². The van der Waals surface area contributed by atoms with Crippen molar-refractivity contribution in [2.45, 2.75) is 12.2 Å². The number of amides is 1. The number of carbonyl (C=O) groups is 2. The number of hydrogen-bond acceptors (Lipinski definition) is 3. The molecule has 0 bridgehead atoms. The van der Waals surface area contributed by atoms with E-state index in [-0.39, 0.29) is 22.4 Å². The molecule has 0 unspecified atom stereocenters. The number of aliphatic hydroxyl groups is 1. The lowest BCUT2D eigenvalue weighted by Gasteiger charge is -2.26. The zero-order valence-electron chi connectivity index (χ0n) is 16.6. The molecule has 1 N–H and O–H groups in total. The Kier molecular flexibility index (Phi) is 5.84. The number of ketones is 1. The highest BCUT2D eigenvalue weighted by Gasteiger charge is 2.47. The standard InChI is InChI=1S/C24H14BrF4NO3/c25-16-8-4-14(5-9-16)21(31)19-20(13-6-10-17(26)11-7-13)30(23(33)22(19)32)18-3-1-2-15(12-18)24(27,28)29/h1-12,20,31H/t20-/m0/s1. The van der Waals surface area contributed by atoms with Crippen LogP contribution in [0.15, 0.2) is 82.8 Å². The first-order valence-electron chi connectivity index (χ1n) is 9.57. The molecule has 0 aromatic heterocycles. The van der Waals surface area contributed by atoms with Crippen molar-refractivity contribution in [3.63, 3.8) is 0 Å². The van der Waals surface area contributed by atoms with Crippen molar-refractivity contribution in [3.05, 3.63) is 105 Å². The van der Waals surface area contributed by atoms with Crippen LogP contribution in [0.3, 0.4) is 0 Å². The van der Waals surface area contributed by atoms with Gasteiger partial charge in [-0.2, -0.15) is 13.2 Å². The molecule has 1 fully saturated rings. The average molecular weight is 520 g/mol. The van der Waals surface area contributed by atoms with Crippen LogP contribution in [0.4, 0.5) is 23.2 Å². The Labute approximate surface area is 193 Å². The summed E-state index contributed by atoms with van der Waals surface area (Å²) in [5.74, 6) is -3.25. The quantitative estimate of drug-likeness (QED) is 0.193. The second kappa shape index (κ2) is 8.47. The Morgan fingerprint density at radius 3 is 2.18 bits per heavy atom. The number of halogens is 5. The van der Waals surface area contributed by atoms with E-state index in [0.29, 0.717) is 4.47 Å². The number of rotatable bonds is 3. The molecule has 4 rings (SSSR count). The van der Waals surface area contributed by atoms with Crippen LogP contribution in [-0.2, 0) is 15.8 Å². The normalized spacial score (nSPS) is 18.1. The minimum absolute atomic E-state index is 0.184. The van der Waals surface area contributed by atoms with Crippen molar-refractivity contribution in [1.82, 2.24) is 0 Å². The van der Waals surface area contributed by atoms with Gasteiger partial charge < -0.3 is 5.11 Å². The Balaban J connectivity index is 1.94. The number of nitrogens with zero attached hydrogens (tertiary/aromatic N) is 1. The van der Waals surface area contributed by atoms with Gasteiger partial charge in [0.1, 0.15) is 11.6 Å². The van der Waals surface area contributed by atoms with Crippen LogP contribution in [0.25, 0.3) is 5.76 Å². The summed E-state index contributed by atoms with van der Waals surface area (Å²) >= 11 is 3.26. The van der Waals surface area contributed by atoms with E-state index in [1.54, 1.807) is 12.1 Å². The fourth-order valence-electron chi connectivity index (χ4n) is 3.65. The first kappa shape index (κ1) is 22.7. The lowest BCUT2D eigenvalue weighted by Crippen LogP contribution is -2.29. The molecule has 1 aliphatic heterocycles. The molecule has 0 saturated carbocycles. The van der Waals surface area contributed by atoms with Gasteiger partial charge in [-0.3, -0.25) is 14.5 Å². The Morgan fingerprint density at radius 2 is 1.58 bits per heavy atom. The Bertz CT molecular complexity index is 1270. The molecule has 9 heteroatoms. The number of carbonyl (C=O) groups excluding carboxylic acids is 2. The molecule has 0 aliphatic carbocycles. The zero-order chi connectivity index (χ0) is 23.9. The third-order valence-electron chi connectivity index (χ3n) is 5.20. The van der Waals surface area contributed by atoms with Crippen LogP contribution in [0.1, 0.15) is 22.7 Å². The smallest absolute Gasteiger partial charge is 0.416 e. The molecule has 1 atom stereocenters. The van der Waals surface area contributed by atoms with E-state index in [0.717, 1.165) is 35.2 Å². The topological polar surface area (TPSA) is 57.6 Å². The van der Waals surface area contributed by atoms with Crippen LogP contribution < -0.4 is 4.90 Å². The van der Waals surface area contributed by atoms with E-state index in [4.69, 9.17) is 0 Å². The Hall–Kier alpha value is -3.46. The van der Waals surface area contributed by atoms with Crippen molar-refractivity contribution >= 4 is 39.1 Å². The summed E-state index contributed by atoms with van der Waals surface area (Å²) in [6.07, 6.45) is -4.67. The summed E-state index contributed by atoms with van der Waals surface area (Å²) in [4.78, 5) is 26.9. The number of benzene rings is 3. The van der Waals surface area contributed by atoms with Crippen molar-refractivity contribution in [2.75, 3.05) is 4.90 Å². The summed E-state index contributed by atoms with van der Waals surface area (Å²) < 4.78 is 54.1. The van der Waals surface area contributed by atoms with Crippen LogP contribution in [-0.4, -0.2) is 16.8 Å². The van der Waals surface area contributed by atoms with Crippen molar-refractivity contribution in [2.24, 2.45) is 0 Å². The van der Waals surface area contributed by atoms with Gasteiger partial charge in [0, 0.05) is 15.7 Å². The lowest BCUT2D eigenvalue weighted by molar-refractivity contribution is -0.137. The summed E-state index contributed by atoms with van der Waals surface area (Å²) in [5, 5.41) is 10.9. The lowest BCUT2D eigenvalue weighted by atomic mass is 9.95. The molecular formula is C24H14BrF4NO3. The largest absolute Gasteiger partial charge is 0.507 e. The second-order valence-electron chi connectivity index (χ2n) is 7.28. The first-order chi connectivity index (χ1) is 15.6. The molecule has 33 heavy (non-hydrogen) atoms. The van der Waals surface area contributed by atoms with E-state index in [9.17, 15) is 32.3 Å². The molecule has 1 heterocycles. The van der Waals surface area contributed by atoms with Crippen LogP contribution >= 0.6 is 15.9 Å². The molecule has 1 amide bonds. The zero-order valence-corrected chi connectivity index (χ0v) is 18.2. The predicted octanol–water partition coefficient (Wildman–Crippen LogP) is 6.23. The predicted molar refractivity (Wildman–Crippen MR) is 117 cm³/mol. The van der Waals surface area contributed by atoms with Crippen molar-refractivity contribution < 1.29 is 32.3 Å². The fourth-order valence-corrected chi connectivity index (χ4v) is 3.92. The summed E-state index contributed by atoms with van der Waals surface area (Å²) in [7, 11) is 0. The van der Waals surface area contributed by atoms with Gasteiger partial charge in [0.25, 0.3) is 11.7 Å². The molecule has 3 aromatic rings. The highest BCUT2D eigenvalue weighted by molar-refractivity contribution is 9.10. The van der Waals surface area contributed by atoms with E-state index in [2.05, 4.69) is 15.9 Å². The van der Waals surface area contributed by atoms with Gasteiger partial charge in [-0.05, 0) is 48.0 Å². The maximum Gasteiger partial charge on any atom is 0.416 e. The number of aliphatic hydroxyl groups excluding tert-OH is 1. The van der Waals surface area contributed by atoms with E-state index >= 15 is 0 Å². The van der Waals surface area contributed by atoms with Gasteiger partial charge in [0.05, 0.1) is 17.2 Å². The summed E-state index contributed by atoms with van der Waals surface area (Å²) in [5.41, 5.74) is -1.03. The monoisotopic (exact) mass is 519 g/mol. The SMILES string of the molecule is O=C1C(=O)N(c2cccc(C(F)(F)F)c2)[C@@H](c2ccc(F)cc2)C1=C(O)c1ccc(Br)cc1. The highest BCUT2D eigenvalue weighted by Crippen LogP contribution is 2.43. The van der Waals surface area contributed by atoms with Crippen molar-refractivity contribution in [3.8, 4) is 0 Å². The molecule has 4 nitrogen and oxygen atoms in total. The second-order valence-corrected chi connectivity index (χ2v) is 8.19. The number of Topliss-reactive ketones (excluding diaryl/α,β-unsaturated/α-hetero) is 1. The van der Waals surface area contributed by atoms with Gasteiger partial charge in [-0.15, -0.1) is 0 Å². The average Bonchev–Trinajstić information content (AvgIpc) is 3.04. The number of anilines is 1. The maximum atomic E-state index is 13.6.